The molecule has 128 valence electrons. The van der Waals surface area contributed by atoms with Crippen molar-refractivity contribution in [2.24, 2.45) is 5.10 Å². The van der Waals surface area contributed by atoms with Crippen LogP contribution in [0, 0.1) is 0 Å². The smallest absolute Gasteiger partial charge is 0.203 e. The van der Waals surface area contributed by atoms with Gasteiger partial charge in [0.25, 0.3) is 0 Å². The molecule has 3 nitrogen and oxygen atoms in total. The van der Waals surface area contributed by atoms with Crippen LogP contribution in [0.25, 0.3) is 11.3 Å². The molecule has 2 aromatic carbocycles. The van der Waals surface area contributed by atoms with Gasteiger partial charge in [-0.1, -0.05) is 68.8 Å². The fourth-order valence-corrected chi connectivity index (χ4v) is 3.10. The lowest BCUT2D eigenvalue weighted by atomic mass is 9.87. The van der Waals surface area contributed by atoms with E-state index in [1.165, 1.54) is 16.9 Å². The number of nitrogens with zero attached hydrogens (tertiary/aromatic N) is 2. The first-order valence-corrected chi connectivity index (χ1v) is 9.29. The van der Waals surface area contributed by atoms with Gasteiger partial charge in [0.1, 0.15) is 0 Å². The third-order valence-corrected chi connectivity index (χ3v) is 4.79. The standard InChI is InChI=1S/C20H20ClN3S/c1-20(2,3)16-8-4-14(5-9-16)12-22-24-19-23-18(13-25-19)15-6-10-17(21)11-7-15/h4-13H,1-3H3,(H,23,24). The summed E-state index contributed by atoms with van der Waals surface area (Å²) in [5.41, 5.74) is 7.46. The minimum atomic E-state index is 0.160. The van der Waals surface area contributed by atoms with E-state index in [1.54, 1.807) is 6.21 Å². The molecule has 0 amide bonds. The van der Waals surface area contributed by atoms with Crippen LogP contribution in [0.1, 0.15) is 31.9 Å². The first-order chi connectivity index (χ1) is 11.9. The quantitative estimate of drug-likeness (QED) is 0.438. The Morgan fingerprint density at radius 2 is 1.72 bits per heavy atom. The second-order valence-corrected chi connectivity index (χ2v) is 8.08. The lowest BCUT2D eigenvalue weighted by Crippen LogP contribution is -2.10. The maximum atomic E-state index is 5.92. The molecule has 0 aliphatic rings. The molecule has 1 aromatic heterocycles. The molecule has 0 fully saturated rings. The Hall–Kier alpha value is -2.17. The zero-order valence-electron chi connectivity index (χ0n) is 14.5. The number of hydrazone groups is 1. The molecule has 0 saturated carbocycles. The Labute approximate surface area is 157 Å². The van der Waals surface area contributed by atoms with Crippen molar-refractivity contribution in [1.29, 1.82) is 0 Å². The molecule has 5 heteroatoms. The first kappa shape index (κ1) is 17.6. The van der Waals surface area contributed by atoms with Crippen molar-refractivity contribution in [3.8, 4) is 11.3 Å². The van der Waals surface area contributed by atoms with Crippen LogP contribution < -0.4 is 5.43 Å². The van der Waals surface area contributed by atoms with Crippen molar-refractivity contribution in [3.05, 3.63) is 70.1 Å². The molecule has 0 aliphatic heterocycles. The molecular formula is C20H20ClN3S. The summed E-state index contributed by atoms with van der Waals surface area (Å²) in [6, 6.07) is 16.1. The molecule has 0 saturated heterocycles. The molecule has 0 atom stereocenters. The highest BCUT2D eigenvalue weighted by molar-refractivity contribution is 7.14. The van der Waals surface area contributed by atoms with Crippen LogP contribution >= 0.6 is 22.9 Å². The summed E-state index contributed by atoms with van der Waals surface area (Å²) < 4.78 is 0. The van der Waals surface area contributed by atoms with E-state index in [2.05, 4.69) is 60.5 Å². The number of hydrogen-bond acceptors (Lipinski definition) is 4. The van der Waals surface area contributed by atoms with E-state index < -0.39 is 0 Å². The van der Waals surface area contributed by atoms with Gasteiger partial charge < -0.3 is 0 Å². The first-order valence-electron chi connectivity index (χ1n) is 8.03. The number of halogens is 1. The number of anilines is 1. The van der Waals surface area contributed by atoms with Crippen LogP contribution in [0.3, 0.4) is 0 Å². The van der Waals surface area contributed by atoms with E-state index in [0.717, 1.165) is 27.0 Å². The van der Waals surface area contributed by atoms with Gasteiger partial charge in [0.05, 0.1) is 11.9 Å². The summed E-state index contributed by atoms with van der Waals surface area (Å²) >= 11 is 7.44. The second kappa shape index (κ2) is 7.38. The monoisotopic (exact) mass is 369 g/mol. The molecule has 0 bridgehead atoms. The van der Waals surface area contributed by atoms with Crippen LogP contribution in [-0.4, -0.2) is 11.2 Å². The van der Waals surface area contributed by atoms with E-state index in [9.17, 15) is 0 Å². The number of hydrogen-bond donors (Lipinski definition) is 1. The molecule has 0 radical (unpaired) electrons. The topological polar surface area (TPSA) is 37.3 Å². The van der Waals surface area contributed by atoms with E-state index >= 15 is 0 Å². The average Bonchev–Trinajstić information content (AvgIpc) is 3.04. The minimum Gasteiger partial charge on any atom is -0.253 e. The maximum absolute atomic E-state index is 5.92. The zero-order chi connectivity index (χ0) is 17.9. The lowest BCUT2D eigenvalue weighted by Gasteiger charge is -2.18. The molecular weight excluding hydrogens is 350 g/mol. The molecule has 1 heterocycles. The normalized spacial score (nSPS) is 11.8. The van der Waals surface area contributed by atoms with E-state index in [-0.39, 0.29) is 5.41 Å². The van der Waals surface area contributed by atoms with Crippen molar-refractivity contribution in [3.63, 3.8) is 0 Å². The van der Waals surface area contributed by atoms with Gasteiger partial charge in [0, 0.05) is 16.0 Å². The number of benzene rings is 2. The number of aromatic nitrogens is 1. The van der Waals surface area contributed by atoms with Gasteiger partial charge in [-0.3, -0.25) is 5.43 Å². The SMILES string of the molecule is CC(C)(C)c1ccc(C=NNc2nc(-c3ccc(Cl)cc3)cs2)cc1. The van der Waals surface area contributed by atoms with E-state index in [4.69, 9.17) is 11.6 Å². The van der Waals surface area contributed by atoms with Crippen LogP contribution in [0.4, 0.5) is 5.13 Å². The molecule has 0 aliphatic carbocycles. The molecule has 3 aromatic rings. The van der Waals surface area contributed by atoms with Gasteiger partial charge in [-0.05, 0) is 28.7 Å². The van der Waals surface area contributed by atoms with Crippen LogP contribution in [0.2, 0.25) is 5.02 Å². The molecule has 0 unspecified atom stereocenters. The Morgan fingerprint density at radius 3 is 2.36 bits per heavy atom. The molecule has 0 spiro atoms. The van der Waals surface area contributed by atoms with Crippen molar-refractivity contribution >= 4 is 34.3 Å². The van der Waals surface area contributed by atoms with Gasteiger partial charge in [-0.2, -0.15) is 5.10 Å². The van der Waals surface area contributed by atoms with Gasteiger partial charge in [0.15, 0.2) is 0 Å². The lowest BCUT2D eigenvalue weighted by molar-refractivity contribution is 0.590. The van der Waals surface area contributed by atoms with Gasteiger partial charge >= 0.3 is 0 Å². The summed E-state index contributed by atoms with van der Waals surface area (Å²) in [5.74, 6) is 0. The van der Waals surface area contributed by atoms with Crippen molar-refractivity contribution in [2.75, 3.05) is 5.43 Å². The largest absolute Gasteiger partial charge is 0.253 e. The summed E-state index contributed by atoms with van der Waals surface area (Å²) in [6.45, 7) is 6.62. The fraction of sp³-hybridized carbons (Fsp3) is 0.200. The molecule has 3 rings (SSSR count). The van der Waals surface area contributed by atoms with Gasteiger partial charge in [0.2, 0.25) is 5.13 Å². The predicted octanol–water partition coefficient (Wildman–Crippen LogP) is 6.21. The van der Waals surface area contributed by atoms with Crippen LogP contribution in [0.5, 0.6) is 0 Å². The van der Waals surface area contributed by atoms with E-state index in [1.807, 2.05) is 29.6 Å². The highest BCUT2D eigenvalue weighted by atomic mass is 35.5. The minimum absolute atomic E-state index is 0.160. The van der Waals surface area contributed by atoms with Crippen molar-refractivity contribution < 1.29 is 0 Å². The summed E-state index contributed by atoms with van der Waals surface area (Å²) in [4.78, 5) is 4.54. The van der Waals surface area contributed by atoms with Crippen molar-refractivity contribution in [2.45, 2.75) is 26.2 Å². The van der Waals surface area contributed by atoms with E-state index in [0.29, 0.717) is 0 Å². The van der Waals surface area contributed by atoms with Crippen LogP contribution in [0.15, 0.2) is 59.0 Å². The van der Waals surface area contributed by atoms with Crippen molar-refractivity contribution in [1.82, 2.24) is 4.98 Å². The van der Waals surface area contributed by atoms with Gasteiger partial charge in [-0.25, -0.2) is 4.98 Å². The predicted molar refractivity (Wildman–Crippen MR) is 109 cm³/mol. The summed E-state index contributed by atoms with van der Waals surface area (Å²) in [7, 11) is 0. The number of nitrogens with one attached hydrogen (secondary N) is 1. The Bertz CT molecular complexity index is 859. The highest BCUT2D eigenvalue weighted by Gasteiger charge is 2.12. The van der Waals surface area contributed by atoms with Gasteiger partial charge in [-0.15, -0.1) is 11.3 Å². The number of rotatable bonds is 4. The average molecular weight is 370 g/mol. The Kier molecular flexibility index (Phi) is 5.21. The van der Waals surface area contributed by atoms with Crippen LogP contribution in [-0.2, 0) is 5.41 Å². The third-order valence-electron chi connectivity index (χ3n) is 3.79. The fourth-order valence-electron chi connectivity index (χ4n) is 2.31. The molecule has 25 heavy (non-hydrogen) atoms. The zero-order valence-corrected chi connectivity index (χ0v) is 16.0. The Balaban J connectivity index is 1.64. The number of thiazole rings is 1. The maximum Gasteiger partial charge on any atom is 0.203 e. The second-order valence-electron chi connectivity index (χ2n) is 6.79. The molecule has 1 N–H and O–H groups in total. The highest BCUT2D eigenvalue weighted by Crippen LogP contribution is 2.26. The summed E-state index contributed by atoms with van der Waals surface area (Å²) in [6.07, 6.45) is 1.80. The third kappa shape index (κ3) is 4.68. The Morgan fingerprint density at radius 1 is 1.04 bits per heavy atom. The summed E-state index contributed by atoms with van der Waals surface area (Å²) in [5, 5.41) is 7.75.